The summed E-state index contributed by atoms with van der Waals surface area (Å²) in [4.78, 5) is 24.7. The van der Waals surface area contributed by atoms with Crippen molar-refractivity contribution in [3.05, 3.63) is 63.9 Å². The molecule has 3 aromatic rings. The molecule has 0 bridgehead atoms. The van der Waals surface area contributed by atoms with Crippen molar-refractivity contribution in [3.8, 4) is 0 Å². The topological polar surface area (TPSA) is 88.9 Å². The van der Waals surface area contributed by atoms with Crippen LogP contribution in [0.3, 0.4) is 0 Å². The van der Waals surface area contributed by atoms with Crippen LogP contribution in [-0.4, -0.2) is 32.3 Å². The van der Waals surface area contributed by atoms with Gasteiger partial charge in [-0.1, -0.05) is 60.1 Å². The highest BCUT2D eigenvalue weighted by Gasteiger charge is 2.15. The van der Waals surface area contributed by atoms with E-state index in [1.807, 2.05) is 31.2 Å². The number of nitrogens with zero attached hydrogens (tertiary/aromatic N) is 3. The van der Waals surface area contributed by atoms with Gasteiger partial charge in [-0.25, -0.2) is 0 Å². The summed E-state index contributed by atoms with van der Waals surface area (Å²) in [5, 5.41) is 15.3. The van der Waals surface area contributed by atoms with Crippen LogP contribution >= 0.6 is 35.0 Å². The van der Waals surface area contributed by atoms with Crippen LogP contribution in [0.5, 0.6) is 0 Å². The third-order valence-electron chi connectivity index (χ3n) is 4.39. The zero-order valence-corrected chi connectivity index (χ0v) is 19.3. The number of amides is 2. The summed E-state index contributed by atoms with van der Waals surface area (Å²) >= 11 is 13.1. The molecule has 2 N–H and O–H groups in total. The molecular weight excluding hydrogens is 457 g/mol. The van der Waals surface area contributed by atoms with E-state index in [4.69, 9.17) is 23.2 Å². The Morgan fingerprint density at radius 3 is 2.45 bits per heavy atom. The predicted octanol–water partition coefficient (Wildman–Crippen LogP) is 4.60. The van der Waals surface area contributed by atoms with E-state index in [9.17, 15) is 9.59 Å². The molecule has 0 aliphatic rings. The van der Waals surface area contributed by atoms with Gasteiger partial charge in [0, 0.05) is 28.5 Å². The molecule has 0 saturated carbocycles. The molecule has 0 saturated heterocycles. The number of aromatic nitrogens is 3. The number of benzene rings is 2. The number of carbonyl (C=O) groups is 2. The van der Waals surface area contributed by atoms with Crippen LogP contribution in [-0.2, 0) is 29.5 Å². The highest BCUT2D eigenvalue weighted by molar-refractivity contribution is 7.99. The molecule has 31 heavy (non-hydrogen) atoms. The summed E-state index contributed by atoms with van der Waals surface area (Å²) in [7, 11) is 1.76. The van der Waals surface area contributed by atoms with Crippen LogP contribution in [0.1, 0.15) is 18.3 Å². The van der Waals surface area contributed by atoms with Crippen molar-refractivity contribution in [3.63, 3.8) is 0 Å². The number of rotatable bonds is 8. The first-order valence-corrected chi connectivity index (χ1v) is 11.2. The maximum atomic E-state index is 12.5. The molecule has 1 aromatic heterocycles. The van der Waals surface area contributed by atoms with E-state index in [-0.39, 0.29) is 24.0 Å². The molecule has 2 amide bonds. The van der Waals surface area contributed by atoms with Crippen molar-refractivity contribution in [1.29, 1.82) is 0 Å². The van der Waals surface area contributed by atoms with E-state index in [2.05, 4.69) is 20.8 Å². The van der Waals surface area contributed by atoms with Crippen molar-refractivity contribution in [2.75, 3.05) is 16.4 Å². The monoisotopic (exact) mass is 477 g/mol. The molecular formula is C21H21Cl2N5O2S. The minimum atomic E-state index is -0.234. The van der Waals surface area contributed by atoms with Crippen molar-refractivity contribution >= 4 is 58.2 Å². The van der Waals surface area contributed by atoms with Crippen LogP contribution in [0.4, 0.5) is 11.4 Å². The molecule has 2 aromatic carbocycles. The van der Waals surface area contributed by atoms with Gasteiger partial charge in [0.05, 0.1) is 12.2 Å². The van der Waals surface area contributed by atoms with Gasteiger partial charge in [-0.3, -0.25) is 9.59 Å². The van der Waals surface area contributed by atoms with Gasteiger partial charge in [0.2, 0.25) is 11.8 Å². The zero-order valence-electron chi connectivity index (χ0n) is 17.0. The van der Waals surface area contributed by atoms with Crippen LogP contribution in [0.2, 0.25) is 10.0 Å². The minimum Gasteiger partial charge on any atom is -0.325 e. The SMILES string of the molecule is CCc1ccccc1NC(=O)Cc1nnc(SCC(=O)Nc2cc(Cl)cc(Cl)c2)n1C. The molecule has 0 fully saturated rings. The smallest absolute Gasteiger partial charge is 0.234 e. The van der Waals surface area contributed by atoms with Crippen LogP contribution in [0, 0.1) is 0 Å². The minimum absolute atomic E-state index is 0.0787. The summed E-state index contributed by atoms with van der Waals surface area (Å²) in [6, 6.07) is 12.5. The average Bonchev–Trinajstić information content (AvgIpc) is 3.05. The van der Waals surface area contributed by atoms with E-state index in [1.165, 1.54) is 11.8 Å². The maximum Gasteiger partial charge on any atom is 0.234 e. The first kappa shape index (κ1) is 23.1. The van der Waals surface area contributed by atoms with Crippen molar-refractivity contribution in [2.45, 2.75) is 24.9 Å². The number of para-hydroxylation sites is 1. The van der Waals surface area contributed by atoms with Gasteiger partial charge >= 0.3 is 0 Å². The van der Waals surface area contributed by atoms with Gasteiger partial charge in [-0.05, 0) is 36.2 Å². The quantitative estimate of drug-likeness (QED) is 0.462. The Morgan fingerprint density at radius 2 is 1.74 bits per heavy atom. The van der Waals surface area contributed by atoms with Crippen molar-refractivity contribution in [2.24, 2.45) is 7.05 Å². The second-order valence-corrected chi connectivity index (χ2v) is 8.50. The molecule has 0 aliphatic carbocycles. The molecule has 0 unspecified atom stereocenters. The van der Waals surface area contributed by atoms with E-state index >= 15 is 0 Å². The predicted molar refractivity (Wildman–Crippen MR) is 125 cm³/mol. The first-order valence-electron chi connectivity index (χ1n) is 9.50. The molecule has 162 valence electrons. The maximum absolute atomic E-state index is 12.5. The Bertz CT molecular complexity index is 1080. The Morgan fingerprint density at radius 1 is 1.03 bits per heavy atom. The number of halogens is 2. The lowest BCUT2D eigenvalue weighted by molar-refractivity contribution is -0.116. The van der Waals surface area contributed by atoms with Gasteiger partial charge < -0.3 is 15.2 Å². The van der Waals surface area contributed by atoms with Crippen LogP contribution in [0.15, 0.2) is 47.6 Å². The van der Waals surface area contributed by atoms with Crippen LogP contribution in [0.25, 0.3) is 0 Å². The van der Waals surface area contributed by atoms with E-state index in [0.717, 1.165) is 17.7 Å². The summed E-state index contributed by atoms with van der Waals surface area (Å²) < 4.78 is 1.71. The number of hydrogen-bond acceptors (Lipinski definition) is 5. The molecule has 7 nitrogen and oxygen atoms in total. The fourth-order valence-corrected chi connectivity index (χ4v) is 4.12. The van der Waals surface area contributed by atoms with Gasteiger partial charge in [0.1, 0.15) is 5.82 Å². The summed E-state index contributed by atoms with van der Waals surface area (Å²) in [5.41, 5.74) is 2.38. The average molecular weight is 478 g/mol. The van der Waals surface area contributed by atoms with Gasteiger partial charge in [0.25, 0.3) is 0 Å². The molecule has 3 rings (SSSR count). The number of nitrogens with one attached hydrogen (secondary N) is 2. The molecule has 0 spiro atoms. The summed E-state index contributed by atoms with van der Waals surface area (Å²) in [6.07, 6.45) is 0.903. The lowest BCUT2D eigenvalue weighted by atomic mass is 10.1. The second-order valence-electron chi connectivity index (χ2n) is 6.69. The van der Waals surface area contributed by atoms with Gasteiger partial charge in [0.15, 0.2) is 5.16 Å². The van der Waals surface area contributed by atoms with Crippen molar-refractivity contribution < 1.29 is 9.59 Å². The first-order chi connectivity index (χ1) is 14.9. The number of anilines is 2. The molecule has 1 heterocycles. The standard InChI is InChI=1S/C21H21Cl2N5O2S/c1-3-13-6-4-5-7-17(13)25-19(29)11-18-26-27-21(28(18)2)31-12-20(30)24-16-9-14(22)8-15(23)10-16/h4-10H,3,11-12H2,1-2H3,(H,24,30)(H,25,29). The normalized spacial score (nSPS) is 10.7. The molecule has 0 radical (unpaired) electrons. The van der Waals surface area contributed by atoms with Crippen molar-refractivity contribution in [1.82, 2.24) is 14.8 Å². The summed E-state index contributed by atoms with van der Waals surface area (Å²) in [5.74, 6) is 0.216. The highest BCUT2D eigenvalue weighted by atomic mass is 35.5. The summed E-state index contributed by atoms with van der Waals surface area (Å²) in [6.45, 7) is 2.04. The third-order valence-corrected chi connectivity index (χ3v) is 5.85. The fraction of sp³-hybridized carbons (Fsp3) is 0.238. The third kappa shape index (κ3) is 6.46. The number of carbonyl (C=O) groups excluding carboxylic acids is 2. The Balaban J connectivity index is 1.56. The van der Waals surface area contributed by atoms with Gasteiger partial charge in [-0.15, -0.1) is 10.2 Å². The molecule has 0 atom stereocenters. The largest absolute Gasteiger partial charge is 0.325 e. The number of hydrogen-bond donors (Lipinski definition) is 2. The van der Waals surface area contributed by atoms with E-state index in [1.54, 1.807) is 29.8 Å². The number of thioether (sulfide) groups is 1. The molecule has 10 heteroatoms. The van der Waals surface area contributed by atoms with Crippen LogP contribution < -0.4 is 10.6 Å². The highest BCUT2D eigenvalue weighted by Crippen LogP contribution is 2.23. The number of aryl methyl sites for hydroxylation is 1. The Labute approximate surface area is 194 Å². The zero-order chi connectivity index (χ0) is 22.4. The lowest BCUT2D eigenvalue weighted by Gasteiger charge is -2.09. The fourth-order valence-electron chi connectivity index (χ4n) is 2.87. The second kappa shape index (κ2) is 10.7. The lowest BCUT2D eigenvalue weighted by Crippen LogP contribution is -2.18. The van der Waals surface area contributed by atoms with E-state index < -0.39 is 0 Å². The Hall–Kier alpha value is -2.55. The molecule has 0 aliphatic heterocycles. The Kier molecular flexibility index (Phi) is 7.95. The van der Waals surface area contributed by atoms with E-state index in [0.29, 0.717) is 26.7 Å². The van der Waals surface area contributed by atoms with Gasteiger partial charge in [-0.2, -0.15) is 0 Å².